The van der Waals surface area contributed by atoms with E-state index in [4.69, 9.17) is 4.74 Å². The highest BCUT2D eigenvalue weighted by molar-refractivity contribution is 5.99. The number of ether oxygens (including phenoxy) is 1. The van der Waals surface area contributed by atoms with E-state index in [1.807, 2.05) is 54.6 Å². The molecule has 2 heterocycles. The number of nitrogens with one attached hydrogen (secondary N) is 2. The number of benzene rings is 2. The highest BCUT2D eigenvalue weighted by atomic mass is 16.5. The lowest BCUT2D eigenvalue weighted by atomic mass is 9.96. The van der Waals surface area contributed by atoms with Gasteiger partial charge in [-0.1, -0.05) is 30.3 Å². The number of methoxy groups -OCH3 is 1. The predicted octanol–water partition coefficient (Wildman–Crippen LogP) is 3.67. The van der Waals surface area contributed by atoms with Gasteiger partial charge in [0.1, 0.15) is 11.4 Å². The molecule has 3 aromatic rings. The van der Waals surface area contributed by atoms with Gasteiger partial charge in [0.15, 0.2) is 0 Å². The van der Waals surface area contributed by atoms with Crippen LogP contribution in [-0.4, -0.2) is 41.9 Å². The highest BCUT2D eigenvalue weighted by Gasteiger charge is 2.30. The summed E-state index contributed by atoms with van der Waals surface area (Å²) in [5.41, 5.74) is 2.15. The van der Waals surface area contributed by atoms with Crippen LogP contribution in [0.15, 0.2) is 54.6 Å². The van der Waals surface area contributed by atoms with E-state index in [0.29, 0.717) is 30.2 Å². The highest BCUT2D eigenvalue weighted by Crippen LogP contribution is 2.26. The van der Waals surface area contributed by atoms with Crippen LogP contribution < -0.4 is 10.1 Å². The van der Waals surface area contributed by atoms with E-state index in [1.54, 1.807) is 12.0 Å². The first-order valence-electron chi connectivity index (χ1n) is 9.46. The Morgan fingerprint density at radius 2 is 1.93 bits per heavy atom. The van der Waals surface area contributed by atoms with Crippen LogP contribution in [-0.2, 0) is 4.79 Å². The summed E-state index contributed by atoms with van der Waals surface area (Å²) in [5, 5.41) is 3.95. The number of likely N-dealkylation sites (tertiary alicyclic amines) is 1. The van der Waals surface area contributed by atoms with E-state index in [1.165, 1.54) is 0 Å². The van der Waals surface area contributed by atoms with Crippen molar-refractivity contribution < 1.29 is 14.3 Å². The fraction of sp³-hybridized carbons (Fsp3) is 0.273. The minimum absolute atomic E-state index is 0.0639. The van der Waals surface area contributed by atoms with Crippen LogP contribution in [0, 0.1) is 5.92 Å². The number of H-pyrrole nitrogens is 1. The number of piperidine rings is 1. The van der Waals surface area contributed by atoms with Gasteiger partial charge in [0.05, 0.1) is 18.7 Å². The van der Waals surface area contributed by atoms with Crippen LogP contribution in [0.1, 0.15) is 23.3 Å². The van der Waals surface area contributed by atoms with E-state index in [2.05, 4.69) is 10.3 Å². The molecule has 6 nitrogen and oxygen atoms in total. The SMILES string of the molecule is COc1ccccc1NC(=O)[C@@H]1CCCN(C(=O)c2cc3ccccc3[nH]2)C1. The minimum atomic E-state index is -0.244. The van der Waals surface area contributed by atoms with Crippen molar-refractivity contribution in [2.75, 3.05) is 25.5 Å². The standard InChI is InChI=1S/C22H23N3O3/c1-28-20-11-5-4-10-18(20)24-21(26)16-8-6-12-25(14-16)22(27)19-13-15-7-2-3-9-17(15)23-19/h2-5,7,9-11,13,16,23H,6,8,12,14H2,1H3,(H,24,26)/t16-/m1/s1. The fourth-order valence-electron chi connectivity index (χ4n) is 3.72. The first kappa shape index (κ1) is 18.1. The zero-order valence-corrected chi connectivity index (χ0v) is 15.8. The van der Waals surface area contributed by atoms with Crippen LogP contribution in [0.2, 0.25) is 0 Å². The van der Waals surface area contributed by atoms with Gasteiger partial charge in [-0.2, -0.15) is 0 Å². The van der Waals surface area contributed by atoms with Gasteiger partial charge < -0.3 is 19.9 Å². The first-order valence-corrected chi connectivity index (χ1v) is 9.46. The number of para-hydroxylation sites is 3. The molecule has 2 amide bonds. The van der Waals surface area contributed by atoms with E-state index >= 15 is 0 Å². The number of aromatic amines is 1. The molecular weight excluding hydrogens is 354 g/mol. The number of aromatic nitrogens is 1. The molecule has 0 spiro atoms. The molecule has 28 heavy (non-hydrogen) atoms. The van der Waals surface area contributed by atoms with Crippen LogP contribution in [0.25, 0.3) is 10.9 Å². The molecule has 2 N–H and O–H groups in total. The summed E-state index contributed by atoms with van der Waals surface area (Å²) in [5.74, 6) is 0.231. The van der Waals surface area contributed by atoms with Gasteiger partial charge in [-0.25, -0.2) is 0 Å². The first-order chi connectivity index (χ1) is 13.7. The molecule has 4 rings (SSSR count). The van der Waals surface area contributed by atoms with Crippen LogP contribution in [0.3, 0.4) is 0 Å². The third-order valence-corrected chi connectivity index (χ3v) is 5.20. The van der Waals surface area contributed by atoms with Gasteiger partial charge in [0.2, 0.25) is 5.91 Å². The topological polar surface area (TPSA) is 74.4 Å². The zero-order valence-electron chi connectivity index (χ0n) is 15.8. The van der Waals surface area contributed by atoms with Crippen LogP contribution in [0.4, 0.5) is 5.69 Å². The number of rotatable bonds is 4. The van der Waals surface area contributed by atoms with Gasteiger partial charge in [0, 0.05) is 24.0 Å². The third kappa shape index (κ3) is 3.58. The Labute approximate surface area is 163 Å². The molecule has 2 aromatic carbocycles. The number of anilines is 1. The molecule has 1 atom stereocenters. The molecule has 144 valence electrons. The average Bonchev–Trinajstić information content (AvgIpc) is 3.18. The summed E-state index contributed by atoms with van der Waals surface area (Å²) in [6.07, 6.45) is 1.56. The Balaban J connectivity index is 1.46. The number of carbonyl (C=O) groups excluding carboxylic acids is 2. The number of amides is 2. The number of nitrogens with zero attached hydrogens (tertiary/aromatic N) is 1. The fourth-order valence-corrected chi connectivity index (χ4v) is 3.72. The molecule has 6 heteroatoms. The van der Waals surface area contributed by atoms with Crippen molar-refractivity contribution in [1.82, 2.24) is 9.88 Å². The third-order valence-electron chi connectivity index (χ3n) is 5.20. The molecule has 1 saturated heterocycles. The van der Waals surface area contributed by atoms with Crippen molar-refractivity contribution in [3.63, 3.8) is 0 Å². The van der Waals surface area contributed by atoms with Crippen molar-refractivity contribution in [2.45, 2.75) is 12.8 Å². The number of carbonyl (C=O) groups is 2. The molecule has 1 aliphatic heterocycles. The lowest BCUT2D eigenvalue weighted by molar-refractivity contribution is -0.121. The van der Waals surface area contributed by atoms with E-state index in [9.17, 15) is 9.59 Å². The van der Waals surface area contributed by atoms with E-state index in [-0.39, 0.29) is 17.7 Å². The maximum absolute atomic E-state index is 12.9. The zero-order chi connectivity index (χ0) is 19.5. The minimum Gasteiger partial charge on any atom is -0.495 e. The Kier molecular flexibility index (Phi) is 5.02. The van der Waals surface area contributed by atoms with Crippen molar-refractivity contribution in [3.05, 3.63) is 60.3 Å². The molecule has 0 aliphatic carbocycles. The van der Waals surface area contributed by atoms with Crippen molar-refractivity contribution in [2.24, 2.45) is 5.92 Å². The van der Waals surface area contributed by atoms with Crippen molar-refractivity contribution in [3.8, 4) is 5.75 Å². The van der Waals surface area contributed by atoms with Gasteiger partial charge in [-0.3, -0.25) is 9.59 Å². The second-order valence-corrected chi connectivity index (χ2v) is 7.05. The molecule has 0 unspecified atom stereocenters. The monoisotopic (exact) mass is 377 g/mol. The summed E-state index contributed by atoms with van der Waals surface area (Å²) in [6, 6.07) is 17.0. The van der Waals surface area contributed by atoms with Gasteiger partial charge in [0.25, 0.3) is 5.91 Å². The molecule has 0 saturated carbocycles. The summed E-state index contributed by atoms with van der Waals surface area (Å²) in [7, 11) is 1.58. The number of hydrogen-bond donors (Lipinski definition) is 2. The second-order valence-electron chi connectivity index (χ2n) is 7.05. The predicted molar refractivity (Wildman–Crippen MR) is 109 cm³/mol. The Morgan fingerprint density at radius 3 is 2.75 bits per heavy atom. The lowest BCUT2D eigenvalue weighted by Crippen LogP contribution is -2.43. The Bertz CT molecular complexity index is 978. The van der Waals surface area contributed by atoms with Gasteiger partial charge in [-0.15, -0.1) is 0 Å². The maximum atomic E-state index is 12.9. The number of fused-ring (bicyclic) bond motifs is 1. The Morgan fingerprint density at radius 1 is 1.14 bits per heavy atom. The molecule has 1 fully saturated rings. The molecule has 0 radical (unpaired) electrons. The maximum Gasteiger partial charge on any atom is 0.270 e. The quantitative estimate of drug-likeness (QED) is 0.729. The van der Waals surface area contributed by atoms with Crippen LogP contribution in [0.5, 0.6) is 5.75 Å². The second kappa shape index (κ2) is 7.76. The number of hydrogen-bond acceptors (Lipinski definition) is 3. The van der Waals surface area contributed by atoms with Crippen LogP contribution >= 0.6 is 0 Å². The molecule has 1 aliphatic rings. The summed E-state index contributed by atoms with van der Waals surface area (Å²) in [4.78, 5) is 30.7. The van der Waals surface area contributed by atoms with Gasteiger partial charge >= 0.3 is 0 Å². The smallest absolute Gasteiger partial charge is 0.270 e. The molecule has 1 aromatic heterocycles. The average molecular weight is 377 g/mol. The summed E-state index contributed by atoms with van der Waals surface area (Å²) < 4.78 is 5.30. The van der Waals surface area contributed by atoms with Gasteiger partial charge in [-0.05, 0) is 37.1 Å². The van der Waals surface area contributed by atoms with Crippen molar-refractivity contribution in [1.29, 1.82) is 0 Å². The lowest BCUT2D eigenvalue weighted by Gasteiger charge is -2.31. The Hall–Kier alpha value is -3.28. The summed E-state index contributed by atoms with van der Waals surface area (Å²) >= 11 is 0. The van der Waals surface area contributed by atoms with E-state index in [0.717, 1.165) is 23.7 Å². The van der Waals surface area contributed by atoms with Crippen molar-refractivity contribution >= 4 is 28.4 Å². The molecular formula is C22H23N3O3. The normalized spacial score (nSPS) is 16.8. The van der Waals surface area contributed by atoms with E-state index < -0.39 is 0 Å². The largest absolute Gasteiger partial charge is 0.495 e. The summed E-state index contributed by atoms with van der Waals surface area (Å²) in [6.45, 7) is 1.07. The molecule has 0 bridgehead atoms.